The van der Waals surface area contributed by atoms with E-state index in [1.54, 1.807) is 30.5 Å². The van der Waals surface area contributed by atoms with Crippen LogP contribution >= 0.6 is 0 Å². The van der Waals surface area contributed by atoms with Gasteiger partial charge in [0.1, 0.15) is 11.1 Å². The first-order valence-electron chi connectivity index (χ1n) is 5.20. The van der Waals surface area contributed by atoms with Gasteiger partial charge < -0.3 is 4.42 Å². The van der Waals surface area contributed by atoms with E-state index in [-0.39, 0.29) is 11.6 Å². The Bertz CT molecular complexity index is 703. The molecule has 0 saturated heterocycles. The molecule has 18 heavy (non-hydrogen) atoms. The van der Waals surface area contributed by atoms with Crippen LogP contribution in [0.3, 0.4) is 0 Å². The Hall–Kier alpha value is -2.76. The van der Waals surface area contributed by atoms with E-state index < -0.39 is 4.92 Å². The third-order valence-corrected chi connectivity index (χ3v) is 2.52. The summed E-state index contributed by atoms with van der Waals surface area (Å²) < 4.78 is 5.47. The zero-order valence-corrected chi connectivity index (χ0v) is 9.11. The summed E-state index contributed by atoms with van der Waals surface area (Å²) in [5, 5.41) is 10.9. The molecule has 0 N–H and O–H groups in total. The minimum Gasteiger partial charge on any atom is -0.434 e. The maximum Gasteiger partial charge on any atom is 0.282 e. The molecule has 0 spiro atoms. The number of para-hydroxylation sites is 1. The van der Waals surface area contributed by atoms with Crippen molar-refractivity contribution in [2.75, 3.05) is 0 Å². The highest BCUT2D eigenvalue weighted by Gasteiger charge is 2.18. The standard InChI is InChI=1S/C12H7N3O3/c16-15(17)10-4-2-1-3-8(10)12-14-9-5-6-13-7-11(9)18-12/h1-7H. The van der Waals surface area contributed by atoms with Crippen molar-refractivity contribution in [1.29, 1.82) is 0 Å². The number of nitro groups is 1. The van der Waals surface area contributed by atoms with Crippen LogP contribution in [0.5, 0.6) is 0 Å². The second kappa shape index (κ2) is 3.92. The highest BCUT2D eigenvalue weighted by atomic mass is 16.6. The third kappa shape index (κ3) is 1.60. The molecule has 0 aliphatic rings. The normalized spacial score (nSPS) is 10.7. The highest BCUT2D eigenvalue weighted by molar-refractivity contribution is 5.77. The van der Waals surface area contributed by atoms with E-state index in [2.05, 4.69) is 9.97 Å². The van der Waals surface area contributed by atoms with Crippen molar-refractivity contribution in [2.24, 2.45) is 0 Å². The van der Waals surface area contributed by atoms with Crippen LogP contribution in [0.1, 0.15) is 0 Å². The number of nitro benzene ring substituents is 1. The largest absolute Gasteiger partial charge is 0.434 e. The second-order valence-corrected chi connectivity index (χ2v) is 3.64. The first-order valence-corrected chi connectivity index (χ1v) is 5.20. The van der Waals surface area contributed by atoms with Crippen LogP contribution < -0.4 is 0 Å². The lowest BCUT2D eigenvalue weighted by Crippen LogP contribution is -1.91. The van der Waals surface area contributed by atoms with Gasteiger partial charge in [-0.3, -0.25) is 15.1 Å². The molecule has 0 bridgehead atoms. The number of fused-ring (bicyclic) bond motifs is 1. The topological polar surface area (TPSA) is 82.1 Å². The van der Waals surface area contributed by atoms with Gasteiger partial charge in [-0.25, -0.2) is 4.98 Å². The fraction of sp³-hybridized carbons (Fsp3) is 0. The summed E-state index contributed by atoms with van der Waals surface area (Å²) >= 11 is 0. The molecule has 0 radical (unpaired) electrons. The Morgan fingerprint density at radius 2 is 2.06 bits per heavy atom. The van der Waals surface area contributed by atoms with Gasteiger partial charge in [0.15, 0.2) is 5.58 Å². The summed E-state index contributed by atoms with van der Waals surface area (Å²) in [4.78, 5) is 18.6. The minimum atomic E-state index is -0.456. The fourth-order valence-corrected chi connectivity index (χ4v) is 1.71. The van der Waals surface area contributed by atoms with E-state index in [1.165, 1.54) is 12.3 Å². The average Bonchev–Trinajstić information content (AvgIpc) is 2.82. The predicted molar refractivity (Wildman–Crippen MR) is 63.9 cm³/mol. The molecule has 0 aliphatic heterocycles. The van der Waals surface area contributed by atoms with Gasteiger partial charge in [0, 0.05) is 12.3 Å². The van der Waals surface area contributed by atoms with Gasteiger partial charge in [-0.2, -0.15) is 0 Å². The number of nitrogens with zero attached hydrogens (tertiary/aromatic N) is 3. The summed E-state index contributed by atoms with van der Waals surface area (Å²) in [6, 6.07) is 8.02. The Kier molecular flexibility index (Phi) is 2.26. The number of oxazole rings is 1. The second-order valence-electron chi connectivity index (χ2n) is 3.64. The van der Waals surface area contributed by atoms with Crippen molar-refractivity contribution in [3.05, 3.63) is 52.8 Å². The van der Waals surface area contributed by atoms with Crippen LogP contribution in [-0.2, 0) is 0 Å². The van der Waals surface area contributed by atoms with Gasteiger partial charge in [0.25, 0.3) is 5.69 Å². The number of rotatable bonds is 2. The molecule has 2 heterocycles. The van der Waals surface area contributed by atoms with Gasteiger partial charge in [0.2, 0.25) is 5.89 Å². The number of hydrogen-bond donors (Lipinski definition) is 0. The summed E-state index contributed by atoms with van der Waals surface area (Å²) in [5.41, 5.74) is 1.46. The van der Waals surface area contributed by atoms with Crippen molar-refractivity contribution in [2.45, 2.75) is 0 Å². The number of hydrogen-bond acceptors (Lipinski definition) is 5. The minimum absolute atomic E-state index is 0.0305. The number of aromatic nitrogens is 2. The molecule has 0 saturated carbocycles. The molecule has 88 valence electrons. The monoisotopic (exact) mass is 241 g/mol. The van der Waals surface area contributed by atoms with Crippen LogP contribution in [0.25, 0.3) is 22.6 Å². The smallest absolute Gasteiger partial charge is 0.282 e. The number of pyridine rings is 1. The summed E-state index contributed by atoms with van der Waals surface area (Å²) in [5.74, 6) is 0.227. The van der Waals surface area contributed by atoms with Crippen LogP contribution in [0.15, 0.2) is 47.1 Å². The van der Waals surface area contributed by atoms with Gasteiger partial charge in [0.05, 0.1) is 11.1 Å². The molecule has 1 aromatic carbocycles. The van der Waals surface area contributed by atoms with Crippen molar-refractivity contribution in [3.63, 3.8) is 0 Å². The van der Waals surface area contributed by atoms with Crippen LogP contribution in [0, 0.1) is 10.1 Å². The molecule has 3 rings (SSSR count). The Labute approximate surface area is 101 Å². The van der Waals surface area contributed by atoms with Crippen LogP contribution in [0.4, 0.5) is 5.69 Å². The molecule has 3 aromatic rings. The maximum atomic E-state index is 10.9. The van der Waals surface area contributed by atoms with E-state index in [9.17, 15) is 10.1 Å². The molecule has 6 heteroatoms. The first kappa shape index (κ1) is 10.4. The summed E-state index contributed by atoms with van der Waals surface area (Å²) in [7, 11) is 0. The van der Waals surface area contributed by atoms with E-state index in [0.717, 1.165) is 0 Å². The van der Waals surface area contributed by atoms with E-state index in [0.29, 0.717) is 16.7 Å². The fourth-order valence-electron chi connectivity index (χ4n) is 1.71. The van der Waals surface area contributed by atoms with Crippen LogP contribution in [0.2, 0.25) is 0 Å². The Morgan fingerprint density at radius 1 is 1.22 bits per heavy atom. The van der Waals surface area contributed by atoms with Gasteiger partial charge in [-0.1, -0.05) is 12.1 Å². The number of benzene rings is 1. The van der Waals surface area contributed by atoms with Crippen molar-refractivity contribution in [1.82, 2.24) is 9.97 Å². The molecular formula is C12H7N3O3. The lowest BCUT2D eigenvalue weighted by molar-refractivity contribution is -0.384. The molecule has 0 aliphatic carbocycles. The predicted octanol–water partition coefficient (Wildman–Crippen LogP) is 2.80. The SMILES string of the molecule is O=[N+]([O-])c1ccccc1-c1nc2ccncc2o1. The molecule has 0 unspecified atom stereocenters. The van der Waals surface area contributed by atoms with Crippen molar-refractivity contribution >= 4 is 16.8 Å². The van der Waals surface area contributed by atoms with Gasteiger partial charge >= 0.3 is 0 Å². The molecule has 0 amide bonds. The lowest BCUT2D eigenvalue weighted by atomic mass is 10.2. The molecule has 2 aromatic heterocycles. The molecule has 0 atom stereocenters. The molecule has 0 fully saturated rings. The Morgan fingerprint density at radius 3 is 2.83 bits per heavy atom. The lowest BCUT2D eigenvalue weighted by Gasteiger charge is -1.96. The molecule has 6 nitrogen and oxygen atoms in total. The highest BCUT2D eigenvalue weighted by Crippen LogP contribution is 2.30. The zero-order chi connectivity index (χ0) is 12.5. The molecular weight excluding hydrogens is 234 g/mol. The van der Waals surface area contributed by atoms with Gasteiger partial charge in [-0.15, -0.1) is 0 Å². The summed E-state index contributed by atoms with van der Waals surface area (Å²) in [6.45, 7) is 0. The van der Waals surface area contributed by atoms with Crippen molar-refractivity contribution in [3.8, 4) is 11.5 Å². The van der Waals surface area contributed by atoms with E-state index in [4.69, 9.17) is 4.42 Å². The van der Waals surface area contributed by atoms with Crippen molar-refractivity contribution < 1.29 is 9.34 Å². The summed E-state index contributed by atoms with van der Waals surface area (Å²) in [6.07, 6.45) is 3.12. The third-order valence-electron chi connectivity index (χ3n) is 2.52. The first-order chi connectivity index (χ1) is 8.75. The Balaban J connectivity index is 2.23. The quantitative estimate of drug-likeness (QED) is 0.509. The average molecular weight is 241 g/mol. The zero-order valence-electron chi connectivity index (χ0n) is 9.11. The van der Waals surface area contributed by atoms with E-state index >= 15 is 0 Å². The van der Waals surface area contributed by atoms with Gasteiger partial charge in [-0.05, 0) is 12.1 Å². The van der Waals surface area contributed by atoms with E-state index in [1.807, 2.05) is 0 Å². The maximum absolute atomic E-state index is 10.9. The van der Waals surface area contributed by atoms with Crippen LogP contribution in [-0.4, -0.2) is 14.9 Å².